The quantitative estimate of drug-likeness (QED) is 0.260. The highest BCUT2D eigenvalue weighted by atomic mass is 16.5. The lowest BCUT2D eigenvalue weighted by Crippen LogP contribution is -2.12. The first-order valence-electron chi connectivity index (χ1n) is 12.6. The van der Waals surface area contributed by atoms with Crippen molar-refractivity contribution in [2.75, 3.05) is 7.11 Å². The summed E-state index contributed by atoms with van der Waals surface area (Å²) in [6, 6.07) is 24.1. The minimum atomic E-state index is -0.745. The Kier molecular flexibility index (Phi) is 6.85. The smallest absolute Gasteiger partial charge is 0.304 e. The van der Waals surface area contributed by atoms with Crippen LogP contribution in [0.5, 0.6) is 5.75 Å². The zero-order valence-corrected chi connectivity index (χ0v) is 21.1. The summed E-state index contributed by atoms with van der Waals surface area (Å²) in [6.45, 7) is 1.85. The van der Waals surface area contributed by atoms with Gasteiger partial charge in [0.1, 0.15) is 5.75 Å². The second kappa shape index (κ2) is 10.2. The highest BCUT2D eigenvalue weighted by molar-refractivity contribution is 5.72. The Balaban J connectivity index is 1.29. The zero-order valence-electron chi connectivity index (χ0n) is 21.1. The van der Waals surface area contributed by atoms with E-state index in [9.17, 15) is 15.0 Å². The van der Waals surface area contributed by atoms with Crippen molar-refractivity contribution in [1.82, 2.24) is 5.16 Å². The molecule has 0 saturated heterocycles. The lowest BCUT2D eigenvalue weighted by Gasteiger charge is -2.14. The van der Waals surface area contributed by atoms with Gasteiger partial charge in [-0.25, -0.2) is 0 Å². The molecule has 1 saturated carbocycles. The van der Waals surface area contributed by atoms with Gasteiger partial charge in [-0.15, -0.1) is 0 Å². The van der Waals surface area contributed by atoms with Gasteiger partial charge in [-0.05, 0) is 67.0 Å². The largest absolute Gasteiger partial charge is 0.497 e. The molecule has 2 N–H and O–H groups in total. The summed E-state index contributed by atoms with van der Waals surface area (Å²) in [6.07, 6.45) is 2.62. The number of carboxylic acids is 1. The molecule has 6 nitrogen and oxygen atoms in total. The molecule has 190 valence electrons. The third kappa shape index (κ3) is 5.30. The van der Waals surface area contributed by atoms with Gasteiger partial charge in [0.05, 0.1) is 30.9 Å². The van der Waals surface area contributed by atoms with Gasteiger partial charge in [0.25, 0.3) is 0 Å². The number of hydrogen-bond acceptors (Lipinski definition) is 5. The Morgan fingerprint density at radius 2 is 1.57 bits per heavy atom. The molecule has 4 aromatic rings. The molecule has 0 aliphatic heterocycles. The van der Waals surface area contributed by atoms with E-state index in [2.05, 4.69) is 29.4 Å². The Morgan fingerprint density at radius 3 is 2.14 bits per heavy atom. The van der Waals surface area contributed by atoms with Crippen LogP contribution in [0.2, 0.25) is 0 Å². The van der Waals surface area contributed by atoms with Crippen molar-refractivity contribution in [2.45, 2.75) is 50.5 Å². The van der Waals surface area contributed by atoms with Gasteiger partial charge >= 0.3 is 5.97 Å². The average molecular weight is 498 g/mol. The molecule has 1 unspecified atom stereocenters. The van der Waals surface area contributed by atoms with Gasteiger partial charge in [0.2, 0.25) is 0 Å². The number of carbonyl (C=O) groups is 1. The predicted octanol–water partition coefficient (Wildman–Crippen LogP) is 6.50. The fourth-order valence-electron chi connectivity index (χ4n) is 5.06. The van der Waals surface area contributed by atoms with Crippen LogP contribution in [-0.2, 0) is 16.6 Å². The van der Waals surface area contributed by atoms with Crippen LogP contribution >= 0.6 is 0 Å². The molecule has 0 amide bonds. The van der Waals surface area contributed by atoms with Gasteiger partial charge < -0.3 is 19.5 Å². The number of rotatable bonds is 10. The first-order valence-corrected chi connectivity index (χ1v) is 12.6. The lowest BCUT2D eigenvalue weighted by atomic mass is 9.90. The molecule has 0 bridgehead atoms. The summed E-state index contributed by atoms with van der Waals surface area (Å²) >= 11 is 0. The van der Waals surface area contributed by atoms with Crippen molar-refractivity contribution in [1.29, 1.82) is 0 Å². The summed E-state index contributed by atoms with van der Waals surface area (Å²) in [5.41, 5.74) is 6.42. The van der Waals surface area contributed by atoms with Crippen molar-refractivity contribution in [3.8, 4) is 28.2 Å². The summed E-state index contributed by atoms with van der Waals surface area (Å²) < 4.78 is 10.9. The average Bonchev–Trinajstić information content (AvgIpc) is 3.59. The molecule has 3 aromatic carbocycles. The van der Waals surface area contributed by atoms with Crippen LogP contribution < -0.4 is 4.74 Å². The van der Waals surface area contributed by atoms with Gasteiger partial charge in [0.15, 0.2) is 5.76 Å². The van der Waals surface area contributed by atoms with Crippen molar-refractivity contribution < 1.29 is 24.3 Å². The minimum absolute atomic E-state index is 0.186. The van der Waals surface area contributed by atoms with E-state index in [4.69, 9.17) is 9.26 Å². The third-order valence-corrected chi connectivity index (χ3v) is 7.43. The molecular formula is C31H31NO5. The van der Waals surface area contributed by atoms with Gasteiger partial charge in [-0.2, -0.15) is 0 Å². The van der Waals surface area contributed by atoms with Gasteiger partial charge in [-0.3, -0.25) is 4.79 Å². The highest BCUT2D eigenvalue weighted by Gasteiger charge is 2.45. The number of aliphatic hydroxyl groups is 1. The molecule has 1 atom stereocenters. The number of aliphatic carboxylic acids is 1. The number of aromatic nitrogens is 1. The van der Waals surface area contributed by atoms with E-state index in [0.29, 0.717) is 17.9 Å². The van der Waals surface area contributed by atoms with Crippen molar-refractivity contribution >= 4 is 5.97 Å². The summed E-state index contributed by atoms with van der Waals surface area (Å²) in [5.74, 6) is 0.655. The number of carboxylic acid groups (broad SMARTS) is 1. The molecule has 1 heterocycles. The van der Waals surface area contributed by atoms with E-state index in [0.717, 1.165) is 58.4 Å². The van der Waals surface area contributed by atoms with Crippen LogP contribution in [0.15, 0.2) is 77.3 Å². The Hall–Kier alpha value is -3.90. The fourth-order valence-corrected chi connectivity index (χ4v) is 5.06. The number of methoxy groups -OCH3 is 1. The molecule has 1 fully saturated rings. The molecule has 1 aromatic heterocycles. The van der Waals surface area contributed by atoms with Crippen molar-refractivity contribution in [2.24, 2.45) is 0 Å². The highest BCUT2D eigenvalue weighted by Crippen LogP contribution is 2.51. The molecule has 0 radical (unpaired) electrons. The van der Waals surface area contributed by atoms with Crippen LogP contribution in [0.4, 0.5) is 0 Å². The normalized spacial score (nSPS) is 14.8. The second-order valence-corrected chi connectivity index (χ2v) is 9.92. The van der Waals surface area contributed by atoms with Crippen LogP contribution in [-0.4, -0.2) is 28.4 Å². The Morgan fingerprint density at radius 1 is 0.973 bits per heavy atom. The second-order valence-electron chi connectivity index (χ2n) is 9.92. The molecule has 0 spiro atoms. The maximum atomic E-state index is 11.2. The van der Waals surface area contributed by atoms with Crippen molar-refractivity contribution in [3.63, 3.8) is 0 Å². The zero-order chi connectivity index (χ0) is 26.0. The number of ether oxygens (including phenoxy) is 1. The number of benzene rings is 3. The number of hydrogen-bond donors (Lipinski definition) is 2. The van der Waals surface area contributed by atoms with Crippen LogP contribution in [0.1, 0.15) is 54.2 Å². The van der Waals surface area contributed by atoms with E-state index in [1.165, 1.54) is 0 Å². The molecule has 37 heavy (non-hydrogen) atoms. The standard InChI is InChI=1S/C31H31NO5/c1-20-29(27(33)16-5-21-3-14-26(36-2)15-4-21)30(37-32-20)24-8-6-22(7-9-24)23-10-12-25(13-11-23)31(17-18-31)19-28(34)35/h3-4,6-15,27,33H,5,16-19H2,1-2H3,(H,34,35). The van der Waals surface area contributed by atoms with E-state index in [-0.39, 0.29) is 11.8 Å². The topological polar surface area (TPSA) is 92.8 Å². The number of aryl methyl sites for hydroxylation is 2. The lowest BCUT2D eigenvalue weighted by molar-refractivity contribution is -0.137. The van der Waals surface area contributed by atoms with Crippen LogP contribution in [0.25, 0.3) is 22.5 Å². The molecule has 5 rings (SSSR count). The van der Waals surface area contributed by atoms with Crippen molar-refractivity contribution in [3.05, 3.63) is 95.2 Å². The SMILES string of the molecule is COc1ccc(CCC(O)c2c(C)noc2-c2ccc(-c3ccc(C4(CC(=O)O)CC4)cc3)cc2)cc1. The van der Waals surface area contributed by atoms with E-state index in [1.54, 1.807) is 7.11 Å². The fraction of sp³-hybridized carbons (Fsp3) is 0.290. The Bertz CT molecular complexity index is 1370. The monoisotopic (exact) mass is 497 g/mol. The summed E-state index contributed by atoms with van der Waals surface area (Å²) in [4.78, 5) is 11.2. The van der Waals surface area contributed by atoms with Gasteiger partial charge in [0, 0.05) is 11.0 Å². The molecule has 1 aliphatic rings. The predicted molar refractivity (Wildman–Crippen MR) is 142 cm³/mol. The molecule has 6 heteroatoms. The van der Waals surface area contributed by atoms with Crippen LogP contribution in [0, 0.1) is 6.92 Å². The minimum Gasteiger partial charge on any atom is -0.497 e. The third-order valence-electron chi connectivity index (χ3n) is 7.43. The molecule has 1 aliphatic carbocycles. The van der Waals surface area contributed by atoms with Crippen LogP contribution in [0.3, 0.4) is 0 Å². The van der Waals surface area contributed by atoms with E-state index < -0.39 is 12.1 Å². The summed E-state index contributed by atoms with van der Waals surface area (Å²) in [7, 11) is 1.64. The number of aliphatic hydroxyl groups excluding tert-OH is 1. The maximum absolute atomic E-state index is 11.2. The summed E-state index contributed by atoms with van der Waals surface area (Å²) in [5, 5.41) is 24.4. The van der Waals surface area contributed by atoms with E-state index in [1.807, 2.05) is 55.5 Å². The first kappa shape index (κ1) is 24.8. The number of nitrogens with zero attached hydrogens (tertiary/aromatic N) is 1. The Labute approximate surface area is 216 Å². The molecular weight excluding hydrogens is 466 g/mol. The first-order chi connectivity index (χ1) is 17.9. The van der Waals surface area contributed by atoms with Gasteiger partial charge in [-0.1, -0.05) is 65.8 Å². The van der Waals surface area contributed by atoms with E-state index >= 15 is 0 Å². The maximum Gasteiger partial charge on any atom is 0.304 e.